The molecular formula is C40H49F7N6O9S. The van der Waals surface area contributed by atoms with E-state index in [1.54, 1.807) is 27.7 Å². The lowest BCUT2D eigenvalue weighted by atomic mass is 9.85. The number of halogens is 7. The first-order valence-electron chi connectivity index (χ1n) is 20.8. The van der Waals surface area contributed by atoms with Gasteiger partial charge in [-0.15, -0.1) is 13.2 Å². The summed E-state index contributed by atoms with van der Waals surface area (Å²) in [6.45, 7) is 7.13. The maximum absolute atomic E-state index is 16.4. The Morgan fingerprint density at radius 3 is 2.33 bits per heavy atom. The lowest BCUT2D eigenvalue weighted by Gasteiger charge is -2.36. The number of ether oxygens (including phenoxy) is 3. The molecule has 3 aliphatic carbocycles. The molecule has 1 aromatic carbocycles. The van der Waals surface area contributed by atoms with Crippen molar-refractivity contribution in [3.05, 3.63) is 23.9 Å². The van der Waals surface area contributed by atoms with Crippen molar-refractivity contribution in [1.29, 1.82) is 0 Å². The topological polar surface area (TPSA) is 195 Å². The second kappa shape index (κ2) is 16.1. The predicted molar refractivity (Wildman–Crippen MR) is 207 cm³/mol. The van der Waals surface area contributed by atoms with Crippen LogP contribution in [0.5, 0.6) is 11.6 Å². The number of rotatable bonds is 8. The molecule has 3 heterocycles. The van der Waals surface area contributed by atoms with Crippen molar-refractivity contribution in [3.8, 4) is 11.6 Å². The van der Waals surface area contributed by atoms with Crippen molar-refractivity contribution in [2.75, 3.05) is 6.54 Å². The molecule has 7 rings (SSSR count). The van der Waals surface area contributed by atoms with Crippen molar-refractivity contribution < 1.29 is 72.5 Å². The van der Waals surface area contributed by atoms with Crippen molar-refractivity contribution in [3.63, 3.8) is 0 Å². The summed E-state index contributed by atoms with van der Waals surface area (Å²) >= 11 is 0. The second-order valence-electron chi connectivity index (χ2n) is 18.6. The fraction of sp³-hybridized carbons (Fsp3) is 0.700. The minimum atomic E-state index is -5.12. The summed E-state index contributed by atoms with van der Waals surface area (Å²) in [5, 5.41) is 4.91. The summed E-state index contributed by atoms with van der Waals surface area (Å²) < 4.78 is 143. The van der Waals surface area contributed by atoms with Crippen LogP contribution in [0.3, 0.4) is 0 Å². The van der Waals surface area contributed by atoms with Gasteiger partial charge >= 0.3 is 12.5 Å². The van der Waals surface area contributed by atoms with Gasteiger partial charge in [-0.3, -0.25) is 19.1 Å². The van der Waals surface area contributed by atoms with Crippen LogP contribution in [0.1, 0.15) is 98.1 Å². The van der Waals surface area contributed by atoms with Crippen LogP contribution in [0.15, 0.2) is 18.2 Å². The van der Waals surface area contributed by atoms with Crippen molar-refractivity contribution >= 4 is 44.9 Å². The molecule has 0 radical (unpaired) electrons. The molecule has 3 N–H and O–H groups in total. The number of benzene rings is 1. The van der Waals surface area contributed by atoms with Gasteiger partial charge in [0.15, 0.2) is 5.69 Å². The number of fused-ring (bicyclic) bond motifs is 5. The predicted octanol–water partition coefficient (Wildman–Crippen LogP) is 5.85. The number of alkyl carbamates (subject to hydrolysis) is 1. The van der Waals surface area contributed by atoms with E-state index < -0.39 is 141 Å². The summed E-state index contributed by atoms with van der Waals surface area (Å²) in [5.74, 6) is -12.0. The summed E-state index contributed by atoms with van der Waals surface area (Å²) in [6, 6.07) is -0.460. The highest BCUT2D eigenvalue weighted by atomic mass is 32.2. The molecular weight excluding hydrogens is 874 g/mol. The normalized spacial score (nSPS) is 30.7. The molecule has 2 aliphatic heterocycles. The number of sulfonamides is 1. The Hall–Kier alpha value is -4.70. The molecule has 348 valence electrons. The maximum atomic E-state index is 16.4. The van der Waals surface area contributed by atoms with Gasteiger partial charge in [-0.1, -0.05) is 34.1 Å². The molecule has 8 atom stereocenters. The Morgan fingerprint density at radius 1 is 1.03 bits per heavy atom. The Morgan fingerprint density at radius 2 is 1.73 bits per heavy atom. The van der Waals surface area contributed by atoms with Gasteiger partial charge in [0.2, 0.25) is 34.1 Å². The second-order valence-corrected chi connectivity index (χ2v) is 20.8. The van der Waals surface area contributed by atoms with Gasteiger partial charge in [0.25, 0.3) is 11.8 Å². The summed E-state index contributed by atoms with van der Waals surface area (Å²) in [5.41, 5.74) is -5.09. The van der Waals surface area contributed by atoms with Gasteiger partial charge in [0, 0.05) is 18.4 Å². The quantitative estimate of drug-likeness (QED) is 0.269. The molecule has 2 aromatic rings. The van der Waals surface area contributed by atoms with E-state index in [4.69, 9.17) is 9.47 Å². The summed E-state index contributed by atoms with van der Waals surface area (Å²) in [7, 11) is -4.38. The fourth-order valence-corrected chi connectivity index (χ4v) is 9.81. The van der Waals surface area contributed by atoms with Gasteiger partial charge in [0.1, 0.15) is 35.6 Å². The van der Waals surface area contributed by atoms with Crippen LogP contribution < -0.4 is 24.8 Å². The van der Waals surface area contributed by atoms with E-state index in [0.717, 1.165) is 23.1 Å². The molecule has 5 aliphatic rings. The van der Waals surface area contributed by atoms with Crippen molar-refractivity contribution in [2.24, 2.45) is 23.2 Å². The Balaban J connectivity index is 1.31. The zero-order chi connectivity index (χ0) is 46.2. The zero-order valence-corrected chi connectivity index (χ0v) is 35.8. The van der Waals surface area contributed by atoms with Crippen LogP contribution in [-0.4, -0.2) is 101 Å². The first-order chi connectivity index (χ1) is 29.2. The number of carbonyl (C=O) groups is 4. The van der Waals surface area contributed by atoms with E-state index in [-0.39, 0.29) is 42.6 Å². The largest absolute Gasteiger partial charge is 0.573 e. The number of amides is 4. The third-order valence-corrected chi connectivity index (χ3v) is 14.9. The third kappa shape index (κ3) is 9.43. The molecule has 23 heteroatoms. The first kappa shape index (κ1) is 46.3. The van der Waals surface area contributed by atoms with Crippen LogP contribution in [0.2, 0.25) is 0 Å². The average Bonchev–Trinajstić information content (AvgIpc) is 4.12. The van der Waals surface area contributed by atoms with Crippen LogP contribution in [0.4, 0.5) is 35.5 Å². The number of alkyl halides is 7. The van der Waals surface area contributed by atoms with Gasteiger partial charge in [-0.05, 0) is 75.3 Å². The van der Waals surface area contributed by atoms with Gasteiger partial charge in [-0.25, -0.2) is 32.0 Å². The van der Waals surface area contributed by atoms with Gasteiger partial charge in [-0.2, -0.15) is 8.78 Å². The van der Waals surface area contributed by atoms with Gasteiger partial charge < -0.3 is 29.7 Å². The third-order valence-electron chi connectivity index (χ3n) is 12.8. The van der Waals surface area contributed by atoms with E-state index >= 15 is 8.78 Å². The van der Waals surface area contributed by atoms with Crippen molar-refractivity contribution in [1.82, 2.24) is 30.2 Å². The molecule has 0 spiro atoms. The van der Waals surface area contributed by atoms with Crippen LogP contribution in [0.25, 0.3) is 11.0 Å². The van der Waals surface area contributed by atoms with E-state index in [1.165, 1.54) is 6.92 Å². The molecule has 4 fully saturated rings. The van der Waals surface area contributed by atoms with E-state index in [1.807, 2.05) is 4.72 Å². The molecule has 15 nitrogen and oxygen atoms in total. The average molecular weight is 923 g/mol. The van der Waals surface area contributed by atoms with E-state index in [2.05, 4.69) is 25.3 Å². The number of carbonyl (C=O) groups excluding carboxylic acids is 4. The van der Waals surface area contributed by atoms with E-state index in [9.17, 15) is 49.5 Å². The Bertz CT molecular complexity index is 2270. The smallest absolute Gasteiger partial charge is 0.471 e. The van der Waals surface area contributed by atoms with Crippen LogP contribution >= 0.6 is 0 Å². The van der Waals surface area contributed by atoms with E-state index in [0.29, 0.717) is 19.3 Å². The van der Waals surface area contributed by atoms with Crippen molar-refractivity contribution in [2.45, 2.75) is 146 Å². The summed E-state index contributed by atoms with van der Waals surface area (Å²) in [4.78, 5) is 65.7. The fourth-order valence-electron chi connectivity index (χ4n) is 8.50. The molecule has 4 amide bonds. The minimum absolute atomic E-state index is 0.0347. The number of hydrogen-bond donors (Lipinski definition) is 3. The number of nitrogens with zero attached hydrogens (tertiary/aromatic N) is 3. The first-order valence-corrected chi connectivity index (χ1v) is 22.2. The standard InChI is InChI=1S/C40H49F7N6O9S/c1-6-21-26-18-53(27(21)31(54)51-38(17-22(38)30(41)42)34(56)52-63(58,59)37(5)13-14-37)33(55)29(36(2,3)4)50-35(57)61-25-15-19(25)9-7-8-12-39(43,44)28-32(60-26)49-24-16-20(62-40(45,46)47)10-11-23(24)48-28/h10-11,16,19,21-22,25-27,29-30H,6-9,12-15,17-18H2,1-5H3,(H,50,57)(H,51,54)(H,52,56)/t19-,21-,22?,25-,26+,27+,29-,38-/m1/s1. The molecule has 63 heavy (non-hydrogen) atoms. The van der Waals surface area contributed by atoms with Crippen LogP contribution in [-0.2, 0) is 35.1 Å². The number of nitrogens with one attached hydrogen (secondary N) is 3. The lowest BCUT2D eigenvalue weighted by molar-refractivity contribution is -0.274. The highest BCUT2D eigenvalue weighted by Gasteiger charge is 2.68. The molecule has 2 bridgehead atoms. The SMILES string of the molecule is CC[C@@H]1[C@@H]2CN(C(=O)[C@H](C(C)(C)C)NC(=O)O[C@@H]3C[C@H]3CCCCC(F)(F)c3nc4ccc(OC(F)(F)F)cc4nc3O2)[C@@H]1C(=O)N[C@]1(C(=O)NS(=O)(=O)C2(C)CC2)CC1C(F)F. The molecule has 1 unspecified atom stereocenters. The monoisotopic (exact) mass is 922 g/mol. The highest BCUT2D eigenvalue weighted by Crippen LogP contribution is 2.50. The number of aromatic nitrogens is 2. The Kier molecular flexibility index (Phi) is 11.8. The van der Waals surface area contributed by atoms with Crippen LogP contribution in [0, 0.1) is 23.2 Å². The van der Waals surface area contributed by atoms with Gasteiger partial charge in [0.05, 0.1) is 28.2 Å². The highest BCUT2D eigenvalue weighted by molar-refractivity contribution is 7.91. The summed E-state index contributed by atoms with van der Waals surface area (Å²) in [6.07, 6.45) is -11.3. The number of hydrogen-bond acceptors (Lipinski definition) is 11. The zero-order valence-electron chi connectivity index (χ0n) is 35.0. The maximum Gasteiger partial charge on any atom is 0.573 e. The molecule has 1 aromatic heterocycles. The minimum Gasteiger partial charge on any atom is -0.471 e. The molecule has 3 saturated carbocycles. The lowest BCUT2D eigenvalue weighted by Crippen LogP contribution is -2.61. The Labute approximate surface area is 358 Å². The molecule has 1 saturated heterocycles.